The normalized spacial score (nSPS) is 9.89. The lowest BCUT2D eigenvalue weighted by atomic mass is 10.1. The Labute approximate surface area is 112 Å². The lowest BCUT2D eigenvalue weighted by molar-refractivity contribution is -0.107. The summed E-state index contributed by atoms with van der Waals surface area (Å²) >= 11 is 0. The summed E-state index contributed by atoms with van der Waals surface area (Å²) in [6, 6.07) is 18.5. The number of rotatable bonds is 5. The second kappa shape index (κ2) is 6.50. The van der Waals surface area contributed by atoms with Gasteiger partial charge in [0.1, 0.15) is 6.29 Å². The predicted octanol–water partition coefficient (Wildman–Crippen LogP) is 2.92. The molecule has 19 heavy (non-hydrogen) atoms. The molecule has 0 N–H and O–H groups in total. The summed E-state index contributed by atoms with van der Waals surface area (Å²) in [6.07, 6.45) is 1.15. The molecule has 0 aromatic heterocycles. The van der Waals surface area contributed by atoms with Crippen molar-refractivity contribution < 1.29 is 9.59 Å². The van der Waals surface area contributed by atoms with Gasteiger partial charge in [-0.15, -0.1) is 0 Å². The first kappa shape index (κ1) is 13.0. The van der Waals surface area contributed by atoms with E-state index < -0.39 is 0 Å². The summed E-state index contributed by atoms with van der Waals surface area (Å²) in [5.41, 5.74) is 1.43. The fourth-order valence-electron chi connectivity index (χ4n) is 1.87. The zero-order valence-corrected chi connectivity index (χ0v) is 10.5. The molecule has 0 radical (unpaired) electrons. The number of amides is 1. The van der Waals surface area contributed by atoms with E-state index in [2.05, 4.69) is 0 Å². The van der Waals surface area contributed by atoms with Crippen molar-refractivity contribution in [3.8, 4) is 0 Å². The largest absolute Gasteiger partial charge is 0.308 e. The first-order valence-electron chi connectivity index (χ1n) is 6.18. The number of aldehydes is 1. The van der Waals surface area contributed by atoms with Crippen molar-refractivity contribution in [2.75, 3.05) is 11.4 Å². The van der Waals surface area contributed by atoms with Crippen LogP contribution in [-0.4, -0.2) is 18.7 Å². The second-order valence-corrected chi connectivity index (χ2v) is 4.11. The first-order chi connectivity index (χ1) is 9.33. The van der Waals surface area contributed by atoms with Crippen molar-refractivity contribution >= 4 is 17.9 Å². The molecule has 0 fully saturated rings. The minimum absolute atomic E-state index is 0.0892. The lowest BCUT2D eigenvalue weighted by Gasteiger charge is -2.22. The average Bonchev–Trinajstić information content (AvgIpc) is 2.49. The number of benzene rings is 2. The van der Waals surface area contributed by atoms with Crippen molar-refractivity contribution in [2.24, 2.45) is 0 Å². The van der Waals surface area contributed by atoms with Gasteiger partial charge in [0.25, 0.3) is 5.91 Å². The van der Waals surface area contributed by atoms with E-state index in [1.165, 1.54) is 0 Å². The van der Waals surface area contributed by atoms with E-state index in [0.29, 0.717) is 18.5 Å². The Morgan fingerprint density at radius 1 is 0.947 bits per heavy atom. The first-order valence-corrected chi connectivity index (χ1v) is 6.18. The van der Waals surface area contributed by atoms with E-state index in [0.717, 1.165) is 12.0 Å². The molecule has 0 aliphatic heterocycles. The summed E-state index contributed by atoms with van der Waals surface area (Å²) in [4.78, 5) is 24.7. The van der Waals surface area contributed by atoms with Gasteiger partial charge < -0.3 is 9.69 Å². The second-order valence-electron chi connectivity index (χ2n) is 4.11. The van der Waals surface area contributed by atoms with Gasteiger partial charge in [0.2, 0.25) is 0 Å². The van der Waals surface area contributed by atoms with Crippen LogP contribution in [-0.2, 0) is 4.79 Å². The van der Waals surface area contributed by atoms with Gasteiger partial charge >= 0.3 is 0 Å². The monoisotopic (exact) mass is 253 g/mol. The Balaban J connectivity index is 2.28. The minimum Gasteiger partial charge on any atom is -0.308 e. The molecule has 1 amide bonds. The van der Waals surface area contributed by atoms with E-state index in [4.69, 9.17) is 0 Å². The highest BCUT2D eigenvalue weighted by Crippen LogP contribution is 2.17. The number of anilines is 1. The molecule has 0 aliphatic carbocycles. The van der Waals surface area contributed by atoms with Gasteiger partial charge in [0.05, 0.1) is 0 Å². The van der Waals surface area contributed by atoms with E-state index in [1.807, 2.05) is 48.5 Å². The van der Waals surface area contributed by atoms with Crippen LogP contribution in [0.15, 0.2) is 60.7 Å². The van der Waals surface area contributed by atoms with Gasteiger partial charge in [-0.1, -0.05) is 36.4 Å². The Bertz CT molecular complexity index is 537. The van der Waals surface area contributed by atoms with Crippen LogP contribution in [0, 0.1) is 0 Å². The van der Waals surface area contributed by atoms with Gasteiger partial charge in [-0.3, -0.25) is 4.79 Å². The van der Waals surface area contributed by atoms with Crippen LogP contribution in [0.2, 0.25) is 0 Å². The van der Waals surface area contributed by atoms with Crippen LogP contribution < -0.4 is 4.90 Å². The van der Waals surface area contributed by atoms with Crippen LogP contribution in [0.4, 0.5) is 5.69 Å². The third-order valence-corrected chi connectivity index (χ3v) is 2.80. The maximum absolute atomic E-state index is 12.5. The van der Waals surface area contributed by atoms with Crippen LogP contribution in [0.3, 0.4) is 0 Å². The van der Waals surface area contributed by atoms with Gasteiger partial charge in [-0.2, -0.15) is 0 Å². The van der Waals surface area contributed by atoms with Crippen LogP contribution in [0.5, 0.6) is 0 Å². The number of hydrogen-bond donors (Lipinski definition) is 0. The summed E-state index contributed by atoms with van der Waals surface area (Å²) in [5, 5.41) is 0. The van der Waals surface area contributed by atoms with E-state index in [-0.39, 0.29) is 5.91 Å². The van der Waals surface area contributed by atoms with E-state index >= 15 is 0 Å². The van der Waals surface area contributed by atoms with Crippen molar-refractivity contribution in [1.82, 2.24) is 0 Å². The Kier molecular flexibility index (Phi) is 4.45. The molecule has 0 saturated heterocycles. The van der Waals surface area contributed by atoms with Gasteiger partial charge in [-0.25, -0.2) is 0 Å². The highest BCUT2D eigenvalue weighted by atomic mass is 16.2. The van der Waals surface area contributed by atoms with Gasteiger partial charge in [-0.05, 0) is 24.3 Å². The zero-order chi connectivity index (χ0) is 13.5. The summed E-state index contributed by atoms with van der Waals surface area (Å²) in [5.74, 6) is -0.0892. The molecule has 0 heterocycles. The van der Waals surface area contributed by atoms with Crippen molar-refractivity contribution in [1.29, 1.82) is 0 Å². The highest BCUT2D eigenvalue weighted by molar-refractivity contribution is 6.06. The molecule has 96 valence electrons. The molecule has 3 nitrogen and oxygen atoms in total. The Morgan fingerprint density at radius 2 is 1.53 bits per heavy atom. The Morgan fingerprint density at radius 3 is 2.11 bits per heavy atom. The third-order valence-electron chi connectivity index (χ3n) is 2.80. The molecule has 2 rings (SSSR count). The molecule has 2 aromatic rings. The number of para-hydroxylation sites is 1. The van der Waals surface area contributed by atoms with E-state index in [1.54, 1.807) is 17.0 Å². The standard InChI is InChI=1S/C16H15NO2/c18-13-7-12-17(15-10-5-2-6-11-15)16(19)14-8-3-1-4-9-14/h1-6,8-11,13H,7,12H2. The molecule has 0 saturated carbocycles. The molecule has 0 bridgehead atoms. The number of hydrogen-bond acceptors (Lipinski definition) is 2. The summed E-state index contributed by atoms with van der Waals surface area (Å²) < 4.78 is 0. The molecule has 0 atom stereocenters. The van der Waals surface area contributed by atoms with Crippen molar-refractivity contribution in [3.05, 3.63) is 66.2 Å². The Hall–Kier alpha value is -2.42. The fraction of sp³-hybridized carbons (Fsp3) is 0.125. The fourth-order valence-corrected chi connectivity index (χ4v) is 1.87. The summed E-state index contributed by atoms with van der Waals surface area (Å²) in [6.45, 7) is 0.390. The lowest BCUT2D eigenvalue weighted by Crippen LogP contribution is -2.32. The molecule has 0 spiro atoms. The number of nitrogens with zero attached hydrogens (tertiary/aromatic N) is 1. The van der Waals surface area contributed by atoms with Crippen molar-refractivity contribution in [3.63, 3.8) is 0 Å². The number of carbonyl (C=O) groups is 2. The quantitative estimate of drug-likeness (QED) is 0.768. The molecule has 0 unspecified atom stereocenters. The molecular formula is C16H15NO2. The maximum atomic E-state index is 12.5. The third kappa shape index (κ3) is 3.28. The predicted molar refractivity (Wildman–Crippen MR) is 75.2 cm³/mol. The molecule has 0 aliphatic rings. The maximum Gasteiger partial charge on any atom is 0.258 e. The summed E-state index contributed by atoms with van der Waals surface area (Å²) in [7, 11) is 0. The van der Waals surface area contributed by atoms with Crippen molar-refractivity contribution in [2.45, 2.75) is 6.42 Å². The van der Waals surface area contributed by atoms with Gasteiger partial charge in [0.15, 0.2) is 0 Å². The zero-order valence-electron chi connectivity index (χ0n) is 10.5. The van der Waals surface area contributed by atoms with E-state index in [9.17, 15) is 9.59 Å². The van der Waals surface area contributed by atoms with Crippen LogP contribution in [0.25, 0.3) is 0 Å². The molecule has 3 heteroatoms. The topological polar surface area (TPSA) is 37.4 Å². The van der Waals surface area contributed by atoms with Crippen LogP contribution in [0.1, 0.15) is 16.8 Å². The molecular weight excluding hydrogens is 238 g/mol. The molecule has 2 aromatic carbocycles. The average molecular weight is 253 g/mol. The highest BCUT2D eigenvalue weighted by Gasteiger charge is 2.16. The van der Waals surface area contributed by atoms with Gasteiger partial charge in [0, 0.05) is 24.2 Å². The van der Waals surface area contributed by atoms with Crippen LogP contribution >= 0.6 is 0 Å². The smallest absolute Gasteiger partial charge is 0.258 e. The SMILES string of the molecule is O=CCCN(C(=O)c1ccccc1)c1ccccc1. The minimum atomic E-state index is -0.0892. The number of carbonyl (C=O) groups excluding carboxylic acids is 2.